The minimum Gasteiger partial charge on any atom is -0.497 e. The van der Waals surface area contributed by atoms with Crippen molar-refractivity contribution >= 4 is 12.0 Å². The number of carbonyl (C=O) groups is 2. The SMILES string of the molecule is COc1cccc([C@@H]2CN(C(=O)CN3CCOC3=O)[C@H]3C4CCN(CC4)[C@@H]23)c1. The Morgan fingerprint density at radius 1 is 1.21 bits per heavy atom. The van der Waals surface area contributed by atoms with Gasteiger partial charge in [-0.15, -0.1) is 0 Å². The summed E-state index contributed by atoms with van der Waals surface area (Å²) in [6, 6.07) is 8.85. The van der Waals surface area contributed by atoms with Crippen molar-refractivity contribution in [2.45, 2.75) is 30.8 Å². The Bertz CT molecular complexity index is 777. The number of nitrogens with zero attached hydrogens (tertiary/aromatic N) is 3. The fourth-order valence-corrected chi connectivity index (χ4v) is 5.69. The summed E-state index contributed by atoms with van der Waals surface area (Å²) in [5.41, 5.74) is 1.23. The van der Waals surface area contributed by atoms with Gasteiger partial charge in [-0.25, -0.2) is 4.79 Å². The second-order valence-corrected chi connectivity index (χ2v) is 8.32. The van der Waals surface area contributed by atoms with Crippen LogP contribution >= 0.6 is 0 Å². The standard InChI is InChI=1S/C21H27N3O4/c1-27-16-4-2-3-15(11-16)17-12-24(18(25)13-23-9-10-28-21(23)26)19-14-5-7-22(8-6-14)20(17)19/h2-4,11,14,17,19-20H,5-10,12-13H2,1H3/t17-,19-,20-/m0/s1. The maximum Gasteiger partial charge on any atom is 0.410 e. The van der Waals surface area contributed by atoms with E-state index in [1.54, 1.807) is 7.11 Å². The highest BCUT2D eigenvalue weighted by atomic mass is 16.6. The Morgan fingerprint density at radius 2 is 2.04 bits per heavy atom. The quantitative estimate of drug-likeness (QED) is 0.787. The van der Waals surface area contributed by atoms with Gasteiger partial charge in [0.1, 0.15) is 18.9 Å². The van der Waals surface area contributed by atoms with Gasteiger partial charge in [-0.3, -0.25) is 14.6 Å². The van der Waals surface area contributed by atoms with E-state index in [0.29, 0.717) is 31.7 Å². The summed E-state index contributed by atoms with van der Waals surface area (Å²) in [5, 5.41) is 0. The first kappa shape index (κ1) is 17.8. The number of benzene rings is 1. The number of carbonyl (C=O) groups excluding carboxylic acids is 2. The number of ether oxygens (including phenoxy) is 2. The van der Waals surface area contributed by atoms with Gasteiger partial charge in [-0.1, -0.05) is 12.1 Å². The molecule has 0 unspecified atom stereocenters. The fraction of sp³-hybridized carbons (Fsp3) is 0.619. The first-order chi connectivity index (χ1) is 13.7. The monoisotopic (exact) mass is 385 g/mol. The summed E-state index contributed by atoms with van der Waals surface area (Å²) in [5.74, 6) is 1.74. The summed E-state index contributed by atoms with van der Waals surface area (Å²) < 4.78 is 10.4. The molecule has 2 amide bonds. The van der Waals surface area contributed by atoms with E-state index in [-0.39, 0.29) is 30.5 Å². The molecule has 0 aromatic heterocycles. The fourth-order valence-electron chi connectivity index (χ4n) is 5.69. The lowest BCUT2D eigenvalue weighted by Gasteiger charge is -2.51. The maximum atomic E-state index is 13.2. The van der Waals surface area contributed by atoms with Gasteiger partial charge < -0.3 is 14.4 Å². The first-order valence-electron chi connectivity index (χ1n) is 10.2. The molecular weight excluding hydrogens is 358 g/mol. The third-order valence-corrected chi connectivity index (χ3v) is 7.01. The summed E-state index contributed by atoms with van der Waals surface area (Å²) in [6.07, 6.45) is 1.94. The molecule has 2 bridgehead atoms. The topological polar surface area (TPSA) is 62.3 Å². The van der Waals surface area contributed by atoms with E-state index in [2.05, 4.69) is 21.9 Å². The zero-order valence-corrected chi connectivity index (χ0v) is 16.3. The molecule has 5 saturated heterocycles. The van der Waals surface area contributed by atoms with Crippen LogP contribution in [0.2, 0.25) is 0 Å². The van der Waals surface area contributed by atoms with Crippen LogP contribution in [0.25, 0.3) is 0 Å². The second kappa shape index (κ2) is 6.95. The third-order valence-electron chi connectivity index (χ3n) is 7.01. The van der Waals surface area contributed by atoms with Crippen molar-refractivity contribution in [3.05, 3.63) is 29.8 Å². The van der Waals surface area contributed by atoms with Gasteiger partial charge in [0, 0.05) is 18.5 Å². The van der Waals surface area contributed by atoms with E-state index >= 15 is 0 Å². The smallest absolute Gasteiger partial charge is 0.410 e. The zero-order chi connectivity index (χ0) is 19.3. The van der Waals surface area contributed by atoms with Crippen LogP contribution < -0.4 is 4.74 Å². The molecule has 3 atom stereocenters. The molecule has 1 aromatic rings. The van der Waals surface area contributed by atoms with Crippen molar-refractivity contribution in [2.24, 2.45) is 5.92 Å². The Balaban J connectivity index is 1.43. The van der Waals surface area contributed by atoms with Crippen molar-refractivity contribution in [2.75, 3.05) is 46.4 Å². The molecule has 0 radical (unpaired) electrons. The predicted molar refractivity (Wildman–Crippen MR) is 102 cm³/mol. The number of rotatable bonds is 4. The van der Waals surface area contributed by atoms with E-state index < -0.39 is 0 Å². The van der Waals surface area contributed by atoms with Gasteiger partial charge in [0.15, 0.2) is 0 Å². The van der Waals surface area contributed by atoms with E-state index in [1.807, 2.05) is 12.1 Å². The lowest BCUT2D eigenvalue weighted by molar-refractivity contribution is -0.136. The van der Waals surface area contributed by atoms with Crippen LogP contribution in [0, 0.1) is 5.92 Å². The lowest BCUT2D eigenvalue weighted by atomic mass is 9.75. The number of methoxy groups -OCH3 is 1. The van der Waals surface area contributed by atoms with E-state index in [9.17, 15) is 9.59 Å². The van der Waals surface area contributed by atoms with Crippen LogP contribution in [0.15, 0.2) is 24.3 Å². The number of fused-ring (bicyclic) bond motifs is 2. The molecule has 150 valence electrons. The molecule has 0 spiro atoms. The molecule has 0 saturated carbocycles. The molecule has 28 heavy (non-hydrogen) atoms. The first-order valence-corrected chi connectivity index (χ1v) is 10.2. The molecule has 0 aliphatic carbocycles. The number of likely N-dealkylation sites (tertiary alicyclic amines) is 1. The van der Waals surface area contributed by atoms with Crippen LogP contribution in [0.1, 0.15) is 24.3 Å². The minimum absolute atomic E-state index is 0.0491. The van der Waals surface area contributed by atoms with Gasteiger partial charge in [0.2, 0.25) is 5.91 Å². The van der Waals surface area contributed by atoms with Gasteiger partial charge in [-0.2, -0.15) is 0 Å². The van der Waals surface area contributed by atoms with Crippen molar-refractivity contribution in [3.8, 4) is 5.75 Å². The summed E-state index contributed by atoms with van der Waals surface area (Å²) in [6.45, 7) is 3.94. The lowest BCUT2D eigenvalue weighted by Crippen LogP contribution is -2.61. The van der Waals surface area contributed by atoms with Gasteiger partial charge >= 0.3 is 6.09 Å². The molecule has 0 N–H and O–H groups in total. The van der Waals surface area contributed by atoms with Gasteiger partial charge in [-0.05, 0) is 49.5 Å². The molecule has 7 heteroatoms. The Labute approximate surface area is 165 Å². The molecule has 7 nitrogen and oxygen atoms in total. The predicted octanol–water partition coefficient (Wildman–Crippen LogP) is 1.54. The van der Waals surface area contributed by atoms with Gasteiger partial charge in [0.25, 0.3) is 0 Å². The number of cyclic esters (lactones) is 1. The molecule has 5 fully saturated rings. The van der Waals surface area contributed by atoms with Crippen molar-refractivity contribution in [3.63, 3.8) is 0 Å². The summed E-state index contributed by atoms with van der Waals surface area (Å²) >= 11 is 0. The van der Waals surface area contributed by atoms with E-state index in [0.717, 1.165) is 31.7 Å². The van der Waals surface area contributed by atoms with Crippen molar-refractivity contribution in [1.29, 1.82) is 0 Å². The number of amides is 2. The highest BCUT2D eigenvalue weighted by Gasteiger charge is 2.54. The molecule has 6 rings (SSSR count). The minimum atomic E-state index is -0.373. The average molecular weight is 385 g/mol. The highest BCUT2D eigenvalue weighted by Crippen LogP contribution is 2.46. The molecule has 5 aliphatic heterocycles. The Morgan fingerprint density at radius 3 is 2.75 bits per heavy atom. The van der Waals surface area contributed by atoms with Gasteiger partial charge in [0.05, 0.1) is 19.7 Å². The summed E-state index contributed by atoms with van der Waals surface area (Å²) in [4.78, 5) is 31.2. The molecule has 5 aliphatic rings. The normalized spacial score (nSPS) is 33.8. The molecule has 5 heterocycles. The number of hydrogen-bond acceptors (Lipinski definition) is 5. The van der Waals surface area contributed by atoms with E-state index in [1.165, 1.54) is 10.5 Å². The second-order valence-electron chi connectivity index (χ2n) is 8.32. The van der Waals surface area contributed by atoms with Crippen LogP contribution in [-0.2, 0) is 9.53 Å². The molecule has 1 aromatic carbocycles. The van der Waals surface area contributed by atoms with Crippen LogP contribution in [-0.4, -0.2) is 85.2 Å². The number of piperidine rings is 3. The average Bonchev–Trinajstić information content (AvgIpc) is 3.34. The summed E-state index contributed by atoms with van der Waals surface area (Å²) in [7, 11) is 1.69. The number of hydrogen-bond donors (Lipinski definition) is 0. The van der Waals surface area contributed by atoms with Crippen molar-refractivity contribution in [1.82, 2.24) is 14.7 Å². The Kier molecular flexibility index (Phi) is 4.42. The highest BCUT2D eigenvalue weighted by molar-refractivity contribution is 5.83. The van der Waals surface area contributed by atoms with Crippen LogP contribution in [0.4, 0.5) is 4.79 Å². The third kappa shape index (κ3) is 2.83. The van der Waals surface area contributed by atoms with Crippen LogP contribution in [0.3, 0.4) is 0 Å². The largest absolute Gasteiger partial charge is 0.497 e. The maximum absolute atomic E-state index is 13.2. The molecular formula is C21H27N3O4. The van der Waals surface area contributed by atoms with E-state index in [4.69, 9.17) is 9.47 Å². The van der Waals surface area contributed by atoms with Crippen LogP contribution in [0.5, 0.6) is 5.75 Å². The zero-order valence-electron chi connectivity index (χ0n) is 16.3. The Hall–Kier alpha value is -2.28. The van der Waals surface area contributed by atoms with Crippen molar-refractivity contribution < 1.29 is 19.1 Å².